The molecule has 0 bridgehead atoms. The largest absolute Gasteiger partial charge is 0.353 e. The summed E-state index contributed by atoms with van der Waals surface area (Å²) in [5, 5.41) is 6.63. The molecule has 2 N–H and O–H groups in total. The average molecular weight is 340 g/mol. The molecule has 0 aliphatic carbocycles. The number of hydrogen-bond donors (Lipinski definition) is 2. The van der Waals surface area contributed by atoms with Crippen LogP contribution in [-0.2, 0) is 9.59 Å². The molecule has 0 spiro atoms. The molecule has 0 unspecified atom stereocenters. The molecule has 0 aliphatic heterocycles. The fraction of sp³-hybridized carbons (Fsp3) is 0.316. The van der Waals surface area contributed by atoms with Crippen molar-refractivity contribution in [2.75, 3.05) is 0 Å². The predicted octanol–water partition coefficient (Wildman–Crippen LogP) is 2.46. The van der Waals surface area contributed by atoms with Gasteiger partial charge in [-0.15, -0.1) is 0 Å². The van der Waals surface area contributed by atoms with Crippen LogP contribution in [0.1, 0.15) is 37.2 Å². The van der Waals surface area contributed by atoms with Crippen molar-refractivity contribution in [1.82, 2.24) is 15.3 Å². The molecule has 0 saturated heterocycles. The van der Waals surface area contributed by atoms with Crippen molar-refractivity contribution in [3.05, 3.63) is 53.3 Å². The van der Waals surface area contributed by atoms with Crippen LogP contribution in [0.4, 0.5) is 0 Å². The minimum atomic E-state index is -0.439. The summed E-state index contributed by atoms with van der Waals surface area (Å²) in [6.45, 7) is 7.71. The fourth-order valence-electron chi connectivity index (χ4n) is 2.62. The summed E-state index contributed by atoms with van der Waals surface area (Å²) in [5.74, 6) is -0.753. The maximum atomic E-state index is 11.7. The van der Waals surface area contributed by atoms with E-state index in [1.807, 2.05) is 64.1 Å². The molecule has 2 rings (SSSR count). The molecule has 2 amide bonds. The van der Waals surface area contributed by atoms with E-state index in [9.17, 15) is 9.59 Å². The van der Waals surface area contributed by atoms with Gasteiger partial charge in [-0.3, -0.25) is 9.59 Å². The van der Waals surface area contributed by atoms with Gasteiger partial charge in [-0.25, -0.2) is 5.43 Å². The highest BCUT2D eigenvalue weighted by atomic mass is 16.2. The Morgan fingerprint density at radius 1 is 1.16 bits per heavy atom. The molecular weight excluding hydrogens is 316 g/mol. The van der Waals surface area contributed by atoms with Gasteiger partial charge in [-0.05, 0) is 45.9 Å². The normalized spacial score (nSPS) is 11.1. The van der Waals surface area contributed by atoms with Crippen LogP contribution in [0.5, 0.6) is 0 Å². The molecule has 0 saturated carbocycles. The van der Waals surface area contributed by atoms with Crippen molar-refractivity contribution < 1.29 is 9.59 Å². The number of rotatable bonds is 6. The molecule has 0 radical (unpaired) electrons. The first-order chi connectivity index (χ1) is 11.9. The summed E-state index contributed by atoms with van der Waals surface area (Å²) < 4.78 is 2.12. The van der Waals surface area contributed by atoms with Crippen LogP contribution in [0.15, 0.2) is 41.5 Å². The second-order valence-electron chi connectivity index (χ2n) is 6.19. The third kappa shape index (κ3) is 5.04. The van der Waals surface area contributed by atoms with Crippen LogP contribution in [-0.4, -0.2) is 28.6 Å². The van der Waals surface area contributed by atoms with Crippen LogP contribution in [0.25, 0.3) is 5.69 Å². The SMILES string of the molecule is Cc1cc(/C=N/NC(=O)CC(=O)NC(C)C)c(C)n1-c1ccccc1. The third-order valence-corrected chi connectivity index (χ3v) is 3.65. The Labute approximate surface area is 147 Å². The Balaban J connectivity index is 2.03. The van der Waals surface area contributed by atoms with Gasteiger partial charge >= 0.3 is 0 Å². The van der Waals surface area contributed by atoms with Gasteiger partial charge < -0.3 is 9.88 Å². The number of aromatic nitrogens is 1. The van der Waals surface area contributed by atoms with Gasteiger partial charge in [0.25, 0.3) is 0 Å². The summed E-state index contributed by atoms with van der Waals surface area (Å²) in [7, 11) is 0. The maximum absolute atomic E-state index is 11.7. The van der Waals surface area contributed by atoms with Crippen molar-refractivity contribution in [2.24, 2.45) is 5.10 Å². The van der Waals surface area contributed by atoms with Crippen LogP contribution in [0.2, 0.25) is 0 Å². The molecule has 1 aromatic carbocycles. The zero-order chi connectivity index (χ0) is 18.4. The lowest BCUT2D eigenvalue weighted by Gasteiger charge is -2.09. The zero-order valence-electron chi connectivity index (χ0n) is 15.0. The van der Waals surface area contributed by atoms with E-state index in [-0.39, 0.29) is 18.4 Å². The van der Waals surface area contributed by atoms with Gasteiger partial charge in [0.2, 0.25) is 11.8 Å². The number of carbonyl (C=O) groups excluding carboxylic acids is 2. The van der Waals surface area contributed by atoms with E-state index in [0.717, 1.165) is 22.6 Å². The Bertz CT molecular complexity index is 776. The topological polar surface area (TPSA) is 75.5 Å². The first-order valence-electron chi connectivity index (χ1n) is 8.24. The first-order valence-corrected chi connectivity index (χ1v) is 8.24. The summed E-state index contributed by atoms with van der Waals surface area (Å²) in [6, 6.07) is 12.0. The van der Waals surface area contributed by atoms with E-state index in [1.54, 1.807) is 6.21 Å². The molecule has 0 fully saturated rings. The molecule has 1 heterocycles. The highest BCUT2D eigenvalue weighted by Gasteiger charge is 2.11. The van der Waals surface area contributed by atoms with Gasteiger partial charge in [0.05, 0.1) is 6.21 Å². The Hall–Kier alpha value is -2.89. The summed E-state index contributed by atoms with van der Waals surface area (Å²) in [6.07, 6.45) is 1.36. The van der Waals surface area contributed by atoms with Crippen LogP contribution >= 0.6 is 0 Å². The molecule has 25 heavy (non-hydrogen) atoms. The second-order valence-corrected chi connectivity index (χ2v) is 6.19. The predicted molar refractivity (Wildman–Crippen MR) is 98.9 cm³/mol. The van der Waals surface area contributed by atoms with Crippen LogP contribution in [0.3, 0.4) is 0 Å². The van der Waals surface area contributed by atoms with E-state index in [0.29, 0.717) is 0 Å². The van der Waals surface area contributed by atoms with Gasteiger partial charge in [0.15, 0.2) is 0 Å². The monoisotopic (exact) mass is 340 g/mol. The highest BCUT2D eigenvalue weighted by Crippen LogP contribution is 2.19. The molecule has 6 heteroatoms. The smallest absolute Gasteiger partial charge is 0.249 e. The lowest BCUT2D eigenvalue weighted by molar-refractivity contribution is -0.129. The lowest BCUT2D eigenvalue weighted by atomic mass is 10.2. The van der Waals surface area contributed by atoms with Crippen molar-refractivity contribution in [2.45, 2.75) is 40.2 Å². The third-order valence-electron chi connectivity index (χ3n) is 3.65. The van der Waals surface area contributed by atoms with Crippen molar-refractivity contribution in [1.29, 1.82) is 0 Å². The number of benzene rings is 1. The quantitative estimate of drug-likeness (QED) is 0.481. The number of nitrogens with one attached hydrogen (secondary N) is 2. The minimum Gasteiger partial charge on any atom is -0.353 e. The Kier molecular flexibility index (Phi) is 6.11. The van der Waals surface area contributed by atoms with Crippen molar-refractivity contribution in [3.8, 4) is 5.69 Å². The van der Waals surface area contributed by atoms with E-state index in [2.05, 4.69) is 20.4 Å². The lowest BCUT2D eigenvalue weighted by Crippen LogP contribution is -2.34. The Morgan fingerprint density at radius 2 is 1.84 bits per heavy atom. The molecular formula is C19H24N4O2. The van der Waals surface area contributed by atoms with Crippen LogP contribution < -0.4 is 10.7 Å². The molecule has 0 atom stereocenters. The van der Waals surface area contributed by atoms with E-state index >= 15 is 0 Å². The standard InChI is InChI=1S/C19H24N4O2/c1-13(2)21-18(24)11-19(25)22-20-12-16-10-14(3)23(15(16)4)17-8-6-5-7-9-17/h5-10,12-13H,11H2,1-4H3,(H,21,24)(H,22,25)/b20-12+. The number of aryl methyl sites for hydroxylation is 1. The van der Waals surface area contributed by atoms with Crippen LogP contribution in [0, 0.1) is 13.8 Å². The number of nitrogens with zero attached hydrogens (tertiary/aromatic N) is 2. The van der Waals surface area contributed by atoms with E-state index in [1.165, 1.54) is 0 Å². The van der Waals surface area contributed by atoms with E-state index < -0.39 is 5.91 Å². The number of para-hydroxylation sites is 1. The highest BCUT2D eigenvalue weighted by molar-refractivity contribution is 5.97. The van der Waals surface area contributed by atoms with Gasteiger partial charge in [-0.2, -0.15) is 5.10 Å². The molecule has 0 aliphatic rings. The minimum absolute atomic E-state index is 0.00665. The maximum Gasteiger partial charge on any atom is 0.249 e. The number of amides is 2. The molecule has 132 valence electrons. The summed E-state index contributed by atoms with van der Waals surface area (Å²) >= 11 is 0. The van der Waals surface area contributed by atoms with Crippen molar-refractivity contribution >= 4 is 18.0 Å². The van der Waals surface area contributed by atoms with E-state index in [4.69, 9.17) is 0 Å². The number of hydrazone groups is 1. The summed E-state index contributed by atoms with van der Waals surface area (Å²) in [4.78, 5) is 23.2. The van der Waals surface area contributed by atoms with Crippen molar-refractivity contribution in [3.63, 3.8) is 0 Å². The average Bonchev–Trinajstić information content (AvgIpc) is 2.81. The molecule has 6 nitrogen and oxygen atoms in total. The van der Waals surface area contributed by atoms with Gasteiger partial charge in [0.1, 0.15) is 6.42 Å². The molecule has 1 aromatic heterocycles. The fourth-order valence-corrected chi connectivity index (χ4v) is 2.62. The summed E-state index contributed by atoms with van der Waals surface area (Å²) in [5.41, 5.74) is 6.48. The first kappa shape index (κ1) is 18.4. The number of hydrogen-bond acceptors (Lipinski definition) is 3. The Morgan fingerprint density at radius 3 is 2.48 bits per heavy atom. The van der Waals surface area contributed by atoms with Gasteiger partial charge in [0, 0.05) is 28.7 Å². The number of carbonyl (C=O) groups is 2. The van der Waals surface area contributed by atoms with Gasteiger partial charge in [-0.1, -0.05) is 18.2 Å². The zero-order valence-corrected chi connectivity index (χ0v) is 15.0. The molecule has 2 aromatic rings. The second kappa shape index (κ2) is 8.28.